The van der Waals surface area contributed by atoms with Gasteiger partial charge in [0.05, 0.1) is 32.1 Å². The van der Waals surface area contributed by atoms with Crippen molar-refractivity contribution in [2.75, 3.05) is 90.7 Å². The Labute approximate surface area is 355 Å². The second kappa shape index (κ2) is 29.4. The molecule has 0 radical (unpaired) electrons. The van der Waals surface area contributed by atoms with Crippen molar-refractivity contribution >= 4 is 47.0 Å². The van der Waals surface area contributed by atoms with Gasteiger partial charge in [0.1, 0.15) is 55.2 Å². The molecule has 20 heteroatoms. The summed E-state index contributed by atoms with van der Waals surface area (Å²) in [5, 5.41) is 8.41. The van der Waals surface area contributed by atoms with Crippen molar-refractivity contribution in [3.05, 3.63) is 97.1 Å². The number of nitriles is 1. The van der Waals surface area contributed by atoms with Crippen molar-refractivity contribution in [2.24, 2.45) is 4.99 Å². The monoisotopic (exact) mass is 860 g/mol. The number of carbonyl (C=O) groups is 4. The van der Waals surface area contributed by atoms with Gasteiger partial charge in [0.15, 0.2) is 26.4 Å². The van der Waals surface area contributed by atoms with Crippen molar-refractivity contribution < 1.29 is 76.1 Å². The van der Waals surface area contributed by atoms with Crippen LogP contribution in [0.1, 0.15) is 0 Å². The van der Waals surface area contributed by atoms with Crippen LogP contribution < -0.4 is 35.2 Å². The Hall–Kier alpha value is -7.85. The van der Waals surface area contributed by atoms with E-state index in [1.807, 2.05) is 0 Å². The van der Waals surface area contributed by atoms with Crippen LogP contribution >= 0.6 is 0 Å². The molecule has 4 aromatic carbocycles. The predicted octanol–water partition coefficient (Wildman–Crippen LogP) is 3.49. The highest BCUT2D eigenvalue weighted by Crippen LogP contribution is 2.19. The minimum Gasteiger partial charge on any atom is -0.482 e. The van der Waals surface area contributed by atoms with Crippen LogP contribution in [0.3, 0.4) is 0 Å². The molecule has 0 aliphatic rings. The lowest BCUT2D eigenvalue weighted by Gasteiger charge is -2.09. The van der Waals surface area contributed by atoms with Gasteiger partial charge in [-0.3, -0.25) is 0 Å². The number of benzene rings is 4. The molecule has 328 valence electrons. The standard InChI is InChI=1S/C22H20N2O9.C20H24N2O7/c23-15-33-20-7-5-19(6-8-20)32-14-22(27)30-12-10-28-9-11-29-21(26)13-31-18-3-1-17(2-4-18)24-16-25;21-15-1-5-17(6-2-15)28-13-19(23)26-11-9-25-10-12-27-20(24)14-29-18-7-3-16(22)4-8-18/h1-8H,9-14H2;1-8H,9-14,21-22H2. The van der Waals surface area contributed by atoms with Gasteiger partial charge in [-0.25, -0.2) is 24.0 Å². The fraction of sp³-hybridized carbons (Fsp3) is 0.286. The molecule has 4 aromatic rings. The molecule has 20 nitrogen and oxygen atoms in total. The molecule has 0 aromatic heterocycles. The molecule has 0 aliphatic carbocycles. The molecule has 0 saturated heterocycles. The first kappa shape index (κ1) is 48.5. The molecule has 0 spiro atoms. The Bertz CT molecular complexity index is 1970. The van der Waals surface area contributed by atoms with Crippen molar-refractivity contribution in [2.45, 2.75) is 0 Å². The number of nitrogens with two attached hydrogens (primary N) is 2. The van der Waals surface area contributed by atoms with Gasteiger partial charge in [-0.15, -0.1) is 5.26 Å². The second-order valence-corrected chi connectivity index (χ2v) is 11.8. The fourth-order valence-electron chi connectivity index (χ4n) is 4.25. The number of hydrogen-bond donors (Lipinski definition) is 2. The van der Waals surface area contributed by atoms with Gasteiger partial charge < -0.3 is 63.6 Å². The van der Waals surface area contributed by atoms with Crippen LogP contribution in [0.4, 0.5) is 17.1 Å². The molecule has 4 rings (SSSR count). The molecule has 0 aliphatic heterocycles. The lowest BCUT2D eigenvalue weighted by molar-refractivity contribution is -0.150. The van der Waals surface area contributed by atoms with Gasteiger partial charge >= 0.3 is 23.9 Å². The largest absolute Gasteiger partial charge is 0.482 e. The average molecular weight is 861 g/mol. The highest BCUT2D eigenvalue weighted by atomic mass is 16.6. The van der Waals surface area contributed by atoms with Crippen LogP contribution in [-0.4, -0.2) is 109 Å². The molecule has 62 heavy (non-hydrogen) atoms. The minimum absolute atomic E-state index is 0.0117. The number of hydrogen-bond acceptors (Lipinski definition) is 20. The highest BCUT2D eigenvalue weighted by molar-refractivity contribution is 5.72. The molecular weight excluding hydrogens is 816 g/mol. The van der Waals surface area contributed by atoms with Gasteiger partial charge in [-0.05, 0) is 97.1 Å². The van der Waals surface area contributed by atoms with E-state index in [0.717, 1.165) is 0 Å². The number of isocyanates is 1. The van der Waals surface area contributed by atoms with Gasteiger partial charge in [-0.1, -0.05) is 0 Å². The van der Waals surface area contributed by atoms with Crippen LogP contribution in [0.25, 0.3) is 0 Å². The summed E-state index contributed by atoms with van der Waals surface area (Å²) in [5.41, 5.74) is 12.8. The number of nitrogens with zero attached hydrogens (tertiary/aromatic N) is 2. The number of rotatable bonds is 26. The van der Waals surface area contributed by atoms with E-state index in [2.05, 4.69) is 9.73 Å². The Kier molecular flexibility index (Phi) is 23.0. The van der Waals surface area contributed by atoms with E-state index >= 15 is 0 Å². The zero-order valence-electron chi connectivity index (χ0n) is 33.3. The summed E-state index contributed by atoms with van der Waals surface area (Å²) in [6.45, 7) is -0.256. The molecule has 4 N–H and O–H groups in total. The first-order chi connectivity index (χ1) is 30.1. The summed E-state index contributed by atoms with van der Waals surface area (Å²) in [6.07, 6.45) is 2.97. The number of anilines is 2. The van der Waals surface area contributed by atoms with Crippen molar-refractivity contribution in [3.63, 3.8) is 0 Å². The lowest BCUT2D eigenvalue weighted by Crippen LogP contribution is -2.20. The molecule has 0 atom stereocenters. The molecule has 0 fully saturated rings. The Balaban J connectivity index is 0.000000333. The third-order valence-corrected chi connectivity index (χ3v) is 7.15. The first-order valence-electron chi connectivity index (χ1n) is 18.5. The number of ether oxygens (including phenoxy) is 11. The average Bonchev–Trinajstić information content (AvgIpc) is 3.28. The summed E-state index contributed by atoms with van der Waals surface area (Å²) < 4.78 is 55.9. The molecule has 0 heterocycles. The van der Waals surface area contributed by atoms with Crippen LogP contribution in [0.5, 0.6) is 28.7 Å². The third kappa shape index (κ3) is 22.3. The van der Waals surface area contributed by atoms with Gasteiger partial charge in [0, 0.05) is 11.4 Å². The van der Waals surface area contributed by atoms with E-state index in [1.165, 1.54) is 18.2 Å². The fourth-order valence-corrected chi connectivity index (χ4v) is 4.25. The van der Waals surface area contributed by atoms with Gasteiger partial charge in [-0.2, -0.15) is 4.99 Å². The number of esters is 4. The Morgan fingerprint density at radius 1 is 0.452 bits per heavy atom. The normalized spacial score (nSPS) is 9.92. The maximum absolute atomic E-state index is 11.6. The van der Waals surface area contributed by atoms with E-state index in [0.29, 0.717) is 45.8 Å². The zero-order valence-corrected chi connectivity index (χ0v) is 33.3. The number of carbonyl (C=O) groups excluding carboxylic acids is 5. The van der Waals surface area contributed by atoms with Crippen LogP contribution in [-0.2, 0) is 52.4 Å². The number of nitrogen functional groups attached to an aromatic ring is 2. The maximum Gasteiger partial charge on any atom is 0.344 e. The predicted molar refractivity (Wildman–Crippen MR) is 216 cm³/mol. The second-order valence-electron chi connectivity index (χ2n) is 11.8. The summed E-state index contributed by atoms with van der Waals surface area (Å²) in [4.78, 5) is 60.0. The van der Waals surface area contributed by atoms with Crippen molar-refractivity contribution in [3.8, 4) is 35.0 Å². The topological polar surface area (TPSA) is 275 Å². The molecule has 0 amide bonds. The van der Waals surface area contributed by atoms with Crippen molar-refractivity contribution in [1.29, 1.82) is 5.26 Å². The van der Waals surface area contributed by atoms with Gasteiger partial charge in [0.2, 0.25) is 6.08 Å². The number of aliphatic imine (C=N–C) groups is 1. The summed E-state index contributed by atoms with van der Waals surface area (Å²) in [5.74, 6) is 0.0553. The van der Waals surface area contributed by atoms with Gasteiger partial charge in [0.25, 0.3) is 6.26 Å². The smallest absolute Gasteiger partial charge is 0.344 e. The minimum atomic E-state index is -0.579. The lowest BCUT2D eigenvalue weighted by atomic mass is 10.3. The quantitative estimate of drug-likeness (QED) is 0.0174. The first-order valence-corrected chi connectivity index (χ1v) is 18.5. The molecule has 0 unspecified atom stereocenters. The highest BCUT2D eigenvalue weighted by Gasteiger charge is 2.08. The molecule has 0 saturated carbocycles. The van der Waals surface area contributed by atoms with Crippen molar-refractivity contribution in [1.82, 2.24) is 0 Å². The van der Waals surface area contributed by atoms with E-state index in [-0.39, 0.29) is 79.3 Å². The zero-order chi connectivity index (χ0) is 44.6. The molecular formula is C42H44N4O16. The maximum atomic E-state index is 11.6. The Morgan fingerprint density at radius 3 is 1.05 bits per heavy atom. The van der Waals surface area contributed by atoms with E-state index in [4.69, 9.17) is 64.1 Å². The van der Waals surface area contributed by atoms with E-state index in [9.17, 15) is 24.0 Å². The van der Waals surface area contributed by atoms with Crippen LogP contribution in [0.15, 0.2) is 102 Å². The SMILES string of the molecule is N#COc1ccc(OCC(=O)OCCOCCOC(=O)COc2ccc(N=C=O)cc2)cc1.Nc1ccc(OCC(=O)OCCOCCOC(=O)COc2ccc(N)cc2)cc1. The summed E-state index contributed by atoms with van der Waals surface area (Å²) in [6, 6.07) is 25.7. The summed E-state index contributed by atoms with van der Waals surface area (Å²) >= 11 is 0. The van der Waals surface area contributed by atoms with Crippen LogP contribution in [0, 0.1) is 11.5 Å². The Morgan fingerprint density at radius 2 is 0.742 bits per heavy atom. The van der Waals surface area contributed by atoms with E-state index in [1.54, 1.807) is 91.2 Å². The third-order valence-electron chi connectivity index (χ3n) is 7.15. The summed E-state index contributed by atoms with van der Waals surface area (Å²) in [7, 11) is 0. The van der Waals surface area contributed by atoms with E-state index < -0.39 is 23.9 Å². The van der Waals surface area contributed by atoms with Crippen LogP contribution in [0.2, 0.25) is 0 Å². The molecule has 0 bridgehead atoms.